The van der Waals surface area contributed by atoms with E-state index in [2.05, 4.69) is 0 Å². The Morgan fingerprint density at radius 1 is 1.11 bits per heavy atom. The average molecular weight is 496 g/mol. The zero-order chi connectivity index (χ0) is 25.5. The van der Waals surface area contributed by atoms with Crippen molar-refractivity contribution in [3.8, 4) is 0 Å². The van der Waals surface area contributed by atoms with Crippen molar-refractivity contribution in [2.75, 3.05) is 27.2 Å². The fourth-order valence-electron chi connectivity index (χ4n) is 8.65. The van der Waals surface area contributed by atoms with Crippen molar-refractivity contribution in [2.45, 2.75) is 76.0 Å². The first-order valence-electron chi connectivity index (χ1n) is 12.2. The first-order valence-corrected chi connectivity index (χ1v) is 12.2. The van der Waals surface area contributed by atoms with Gasteiger partial charge < -0.3 is 38.8 Å². The number of hydrogen-bond donors (Lipinski definition) is 2. The number of nitrogens with zero attached hydrogens (tertiary/aromatic N) is 1. The van der Waals surface area contributed by atoms with Crippen LogP contribution < -0.4 is 0 Å². The molecule has 2 saturated carbocycles. The second-order valence-corrected chi connectivity index (χ2v) is 12.3. The molecule has 2 spiro atoms. The van der Waals surface area contributed by atoms with Crippen LogP contribution in [0.5, 0.6) is 0 Å². The maximum Gasteiger partial charge on any atom is 0.343 e. The van der Waals surface area contributed by atoms with Crippen molar-refractivity contribution in [2.24, 2.45) is 28.1 Å². The monoisotopic (exact) mass is 495 g/mol. The number of rotatable bonds is 4. The molecular formula is C24H33NO10. The van der Waals surface area contributed by atoms with E-state index in [4.69, 9.17) is 23.7 Å². The predicted octanol–water partition coefficient (Wildman–Crippen LogP) is -0.784. The second-order valence-electron chi connectivity index (χ2n) is 12.3. The van der Waals surface area contributed by atoms with Crippen LogP contribution in [0.4, 0.5) is 0 Å². The maximum absolute atomic E-state index is 13.7. The molecule has 11 atom stereocenters. The summed E-state index contributed by atoms with van der Waals surface area (Å²) in [6, 6.07) is 0. The van der Waals surface area contributed by atoms with Gasteiger partial charge in [0.2, 0.25) is 11.9 Å². The van der Waals surface area contributed by atoms with Crippen LogP contribution in [0.15, 0.2) is 0 Å². The highest BCUT2D eigenvalue weighted by Crippen LogP contribution is 2.84. The molecule has 35 heavy (non-hydrogen) atoms. The van der Waals surface area contributed by atoms with Gasteiger partial charge in [-0.25, -0.2) is 9.59 Å². The van der Waals surface area contributed by atoms with Gasteiger partial charge in [-0.3, -0.25) is 4.79 Å². The summed E-state index contributed by atoms with van der Waals surface area (Å²) in [7, 11) is 3.75. The van der Waals surface area contributed by atoms with Gasteiger partial charge in [-0.05, 0) is 38.8 Å². The number of esters is 3. The third-order valence-corrected chi connectivity index (χ3v) is 9.79. The highest BCUT2D eigenvalue weighted by molar-refractivity contribution is 5.94. The Bertz CT molecular complexity index is 1020. The summed E-state index contributed by atoms with van der Waals surface area (Å²) in [6.45, 7) is 8.16. The fourth-order valence-corrected chi connectivity index (χ4v) is 8.65. The summed E-state index contributed by atoms with van der Waals surface area (Å²) < 4.78 is 29.7. The Balaban J connectivity index is 1.62. The van der Waals surface area contributed by atoms with Crippen molar-refractivity contribution >= 4 is 17.9 Å². The van der Waals surface area contributed by atoms with Crippen molar-refractivity contribution < 1.29 is 48.3 Å². The zero-order valence-electron chi connectivity index (χ0n) is 20.8. The molecule has 1 unspecified atom stereocenters. The molecule has 6 rings (SSSR count). The third-order valence-electron chi connectivity index (χ3n) is 9.79. The largest absolute Gasteiger partial charge is 0.459 e. The summed E-state index contributed by atoms with van der Waals surface area (Å²) in [6.07, 6.45) is -6.01. The van der Waals surface area contributed by atoms with Crippen LogP contribution in [0.2, 0.25) is 0 Å². The molecule has 2 aliphatic carbocycles. The Kier molecular flexibility index (Phi) is 4.42. The SMILES string of the molecule is C[C@@H]1C(=O)O[C@H]2[C@H](O)[C@@]34[C@H]5C[C@@H](C(C)(C)C)C36[C@@H](OC(=O)[C@@H]6OCCN(C)C)O[C@@]4(C(=O)O5)[C@@]12O. The number of carbonyl (C=O) groups excluding carboxylic acids is 3. The summed E-state index contributed by atoms with van der Waals surface area (Å²) in [4.78, 5) is 41.5. The van der Waals surface area contributed by atoms with Gasteiger partial charge in [-0.1, -0.05) is 20.8 Å². The van der Waals surface area contributed by atoms with Gasteiger partial charge in [0.25, 0.3) is 0 Å². The highest BCUT2D eigenvalue weighted by atomic mass is 16.8. The van der Waals surface area contributed by atoms with E-state index in [0.717, 1.165) is 0 Å². The molecule has 4 heterocycles. The van der Waals surface area contributed by atoms with Crippen molar-refractivity contribution in [1.29, 1.82) is 0 Å². The molecule has 11 heteroatoms. The number of aliphatic hydroxyl groups excluding tert-OH is 1. The number of likely N-dealkylation sites (N-methyl/N-ethyl adjacent to an activating group) is 1. The third kappa shape index (κ3) is 2.10. The molecule has 0 bridgehead atoms. The fraction of sp³-hybridized carbons (Fsp3) is 0.875. The molecule has 0 aromatic rings. The first-order chi connectivity index (χ1) is 16.2. The van der Waals surface area contributed by atoms with E-state index in [-0.39, 0.29) is 12.5 Å². The lowest BCUT2D eigenvalue weighted by atomic mass is 9.51. The minimum absolute atomic E-state index is 0.190. The van der Waals surface area contributed by atoms with E-state index in [1.165, 1.54) is 6.92 Å². The van der Waals surface area contributed by atoms with Crippen molar-refractivity contribution in [3.63, 3.8) is 0 Å². The number of carbonyl (C=O) groups is 3. The lowest BCUT2D eigenvalue weighted by molar-refractivity contribution is -0.240. The van der Waals surface area contributed by atoms with Gasteiger partial charge in [0.15, 0.2) is 17.8 Å². The van der Waals surface area contributed by atoms with Crippen LogP contribution in [0.1, 0.15) is 34.1 Å². The van der Waals surface area contributed by atoms with E-state index in [0.29, 0.717) is 13.0 Å². The van der Waals surface area contributed by atoms with Crippen molar-refractivity contribution in [1.82, 2.24) is 4.90 Å². The lowest BCUT2D eigenvalue weighted by Crippen LogP contribution is -2.67. The number of aliphatic hydroxyl groups is 2. The predicted molar refractivity (Wildman–Crippen MR) is 114 cm³/mol. The molecule has 4 saturated heterocycles. The van der Waals surface area contributed by atoms with Crippen LogP contribution in [0.3, 0.4) is 0 Å². The Morgan fingerprint density at radius 3 is 2.43 bits per heavy atom. The molecule has 0 aromatic heterocycles. The van der Waals surface area contributed by atoms with E-state index in [9.17, 15) is 24.6 Å². The van der Waals surface area contributed by atoms with Crippen molar-refractivity contribution in [3.05, 3.63) is 0 Å². The van der Waals surface area contributed by atoms with Gasteiger partial charge in [0.05, 0.1) is 23.4 Å². The van der Waals surface area contributed by atoms with Gasteiger partial charge in [0.1, 0.15) is 12.2 Å². The van der Waals surface area contributed by atoms with Crippen LogP contribution in [0.25, 0.3) is 0 Å². The lowest BCUT2D eigenvalue weighted by Gasteiger charge is -2.48. The molecule has 11 nitrogen and oxygen atoms in total. The van der Waals surface area contributed by atoms with E-state index < -0.39 is 82.0 Å². The van der Waals surface area contributed by atoms with E-state index in [1.807, 2.05) is 39.8 Å². The summed E-state index contributed by atoms with van der Waals surface area (Å²) in [5.74, 6) is -3.80. The Labute approximate surface area is 202 Å². The maximum atomic E-state index is 13.7. The Hall–Kier alpha value is -1.79. The number of fused-ring (bicyclic) bond motifs is 1. The molecule has 6 fully saturated rings. The van der Waals surface area contributed by atoms with Gasteiger partial charge in [-0.2, -0.15) is 0 Å². The Morgan fingerprint density at radius 2 is 1.80 bits per heavy atom. The number of hydrogen-bond acceptors (Lipinski definition) is 11. The minimum atomic E-state index is -2.21. The average Bonchev–Trinajstić information content (AvgIpc) is 3.46. The van der Waals surface area contributed by atoms with Crippen LogP contribution in [-0.4, -0.2) is 102 Å². The zero-order valence-corrected chi connectivity index (χ0v) is 20.8. The smallest absolute Gasteiger partial charge is 0.343 e. The molecule has 4 aliphatic heterocycles. The van der Waals surface area contributed by atoms with E-state index >= 15 is 0 Å². The summed E-state index contributed by atoms with van der Waals surface area (Å²) >= 11 is 0. The van der Waals surface area contributed by atoms with Crippen LogP contribution in [0, 0.1) is 28.1 Å². The van der Waals surface area contributed by atoms with E-state index in [1.54, 1.807) is 0 Å². The molecule has 0 aromatic carbocycles. The number of ether oxygens (including phenoxy) is 5. The molecule has 194 valence electrons. The molecule has 0 radical (unpaired) electrons. The highest BCUT2D eigenvalue weighted by Gasteiger charge is 3.04. The molecule has 0 amide bonds. The quantitative estimate of drug-likeness (QED) is 0.375. The molecular weight excluding hydrogens is 462 g/mol. The summed E-state index contributed by atoms with van der Waals surface area (Å²) in [5, 5.41) is 24.1. The van der Waals surface area contributed by atoms with Crippen LogP contribution >= 0.6 is 0 Å². The second kappa shape index (κ2) is 6.55. The first kappa shape index (κ1) is 23.6. The summed E-state index contributed by atoms with van der Waals surface area (Å²) in [5.41, 5.74) is -7.81. The normalized spacial score (nSPS) is 53.4. The minimum Gasteiger partial charge on any atom is -0.459 e. The topological polar surface area (TPSA) is 141 Å². The molecule has 6 aliphatic rings. The standard InChI is InChI=1S/C24H33NO10/c1-10-16(27)33-14-13(26)22-12-9-11(20(2,3)4)21(22)15(31-8-7-25(5)6)17(28)34-19(21)35-24(22,18(29)32-12)23(10,14)30/h10-15,19,26,30H,7-9H2,1-6H3/t10-,11+,12-,13+,14+,15+,19+,21?,22+,23-,24-/m1/s1. The van der Waals surface area contributed by atoms with Gasteiger partial charge in [0, 0.05) is 6.54 Å². The van der Waals surface area contributed by atoms with Crippen LogP contribution in [-0.2, 0) is 38.1 Å². The van der Waals surface area contributed by atoms with Gasteiger partial charge in [-0.15, -0.1) is 0 Å². The van der Waals surface area contributed by atoms with Gasteiger partial charge >= 0.3 is 17.9 Å². The molecule has 2 N–H and O–H groups in total.